The van der Waals surface area contributed by atoms with Crippen LogP contribution >= 0.6 is 15.9 Å². The molecule has 1 aromatic carbocycles. The van der Waals surface area contributed by atoms with E-state index in [9.17, 15) is 9.18 Å². The summed E-state index contributed by atoms with van der Waals surface area (Å²) >= 11 is 3.21. The molecule has 2 aliphatic rings. The molecule has 172 valence electrons. The van der Waals surface area contributed by atoms with Crippen LogP contribution in [0.5, 0.6) is 0 Å². The van der Waals surface area contributed by atoms with Crippen LogP contribution < -0.4 is 10.2 Å². The van der Waals surface area contributed by atoms with Crippen molar-refractivity contribution in [3.8, 4) is 0 Å². The number of carbonyl (C=O) groups is 1. The third-order valence-corrected chi connectivity index (χ3v) is 7.16. The monoisotopic (exact) mass is 503 g/mol. The molecular weight excluding hydrogens is 473 g/mol. The first-order valence-corrected chi connectivity index (χ1v) is 12.2. The van der Waals surface area contributed by atoms with Crippen molar-refractivity contribution < 1.29 is 9.18 Å². The molecule has 2 atom stereocenters. The maximum Gasteiger partial charge on any atom is 0.231 e. The lowest BCUT2D eigenvalue weighted by molar-refractivity contribution is -0.133. The maximum absolute atomic E-state index is 14.2. The molecule has 0 saturated carbocycles. The van der Waals surface area contributed by atoms with Crippen LogP contribution in [0, 0.1) is 5.82 Å². The molecule has 1 N–H and O–H groups in total. The number of carbonyl (C=O) groups excluding carboxylic acids is 1. The van der Waals surface area contributed by atoms with Crippen molar-refractivity contribution in [2.75, 3.05) is 37.6 Å². The number of amides is 1. The lowest BCUT2D eigenvalue weighted by Gasteiger charge is -2.38. The summed E-state index contributed by atoms with van der Waals surface area (Å²) in [5.74, 6) is 0.775. The van der Waals surface area contributed by atoms with Crippen LogP contribution in [0.4, 0.5) is 10.2 Å². The first-order chi connectivity index (χ1) is 15.3. The van der Waals surface area contributed by atoms with E-state index in [4.69, 9.17) is 0 Å². The predicted molar refractivity (Wildman–Crippen MR) is 128 cm³/mol. The highest BCUT2D eigenvalue weighted by molar-refractivity contribution is 9.10. The van der Waals surface area contributed by atoms with Gasteiger partial charge in [0.15, 0.2) is 0 Å². The Balaban J connectivity index is 1.48. The van der Waals surface area contributed by atoms with E-state index in [-0.39, 0.29) is 17.8 Å². The van der Waals surface area contributed by atoms with Crippen molar-refractivity contribution in [1.29, 1.82) is 0 Å². The molecule has 6 nitrogen and oxygen atoms in total. The maximum atomic E-state index is 14.2. The van der Waals surface area contributed by atoms with Crippen molar-refractivity contribution in [2.24, 2.45) is 0 Å². The largest absolute Gasteiger partial charge is 0.353 e. The molecule has 4 rings (SSSR count). The fourth-order valence-corrected chi connectivity index (χ4v) is 4.91. The number of hydrogen-bond donors (Lipinski definition) is 1. The molecule has 1 unspecified atom stereocenters. The number of nitrogens with one attached hydrogen (secondary N) is 1. The molecule has 0 radical (unpaired) electrons. The van der Waals surface area contributed by atoms with Crippen molar-refractivity contribution >= 4 is 27.7 Å². The highest BCUT2D eigenvalue weighted by Crippen LogP contribution is 2.37. The molecule has 2 heterocycles. The molecule has 1 amide bonds. The van der Waals surface area contributed by atoms with Gasteiger partial charge >= 0.3 is 0 Å². The molecule has 32 heavy (non-hydrogen) atoms. The zero-order valence-electron chi connectivity index (χ0n) is 18.9. The number of aryl methyl sites for hydroxylation is 1. The number of fused-ring (bicyclic) bond motifs is 1. The minimum Gasteiger partial charge on any atom is -0.353 e. The fourth-order valence-electron chi connectivity index (χ4n) is 4.66. The third-order valence-electron chi connectivity index (χ3n) is 6.52. The molecule has 1 fully saturated rings. The predicted octanol–water partition coefficient (Wildman–Crippen LogP) is 3.86. The fraction of sp³-hybridized carbons (Fsp3) is 0.542. The second kappa shape index (κ2) is 9.83. The van der Waals surface area contributed by atoms with E-state index >= 15 is 0 Å². The topological polar surface area (TPSA) is 61.4 Å². The van der Waals surface area contributed by atoms with Gasteiger partial charge < -0.3 is 15.1 Å². The van der Waals surface area contributed by atoms with Gasteiger partial charge in [0.05, 0.1) is 10.4 Å². The highest BCUT2D eigenvalue weighted by atomic mass is 79.9. The van der Waals surface area contributed by atoms with Gasteiger partial charge in [0.1, 0.15) is 18.0 Å². The first kappa shape index (κ1) is 23.1. The van der Waals surface area contributed by atoms with E-state index in [0.717, 1.165) is 37.4 Å². The smallest absolute Gasteiger partial charge is 0.231 e. The van der Waals surface area contributed by atoms with Gasteiger partial charge in [-0.25, -0.2) is 14.4 Å². The second-order valence-electron chi connectivity index (χ2n) is 9.10. The van der Waals surface area contributed by atoms with Gasteiger partial charge in [0.25, 0.3) is 0 Å². The van der Waals surface area contributed by atoms with E-state index in [2.05, 4.69) is 43.0 Å². The zero-order valence-corrected chi connectivity index (χ0v) is 20.5. The van der Waals surface area contributed by atoms with Crippen molar-refractivity contribution in [3.05, 3.63) is 51.6 Å². The zero-order chi connectivity index (χ0) is 22.8. The molecule has 1 aliphatic heterocycles. The van der Waals surface area contributed by atoms with Crippen LogP contribution in [-0.2, 0) is 11.2 Å². The molecule has 1 saturated heterocycles. The van der Waals surface area contributed by atoms with Crippen LogP contribution in [0.3, 0.4) is 0 Å². The van der Waals surface area contributed by atoms with Crippen LogP contribution in [0.1, 0.15) is 55.8 Å². The second-order valence-corrected chi connectivity index (χ2v) is 9.95. The average Bonchev–Trinajstić information content (AvgIpc) is 3.17. The Morgan fingerprint density at radius 1 is 1.25 bits per heavy atom. The van der Waals surface area contributed by atoms with Gasteiger partial charge in [0.2, 0.25) is 5.91 Å². The minimum absolute atomic E-state index is 0.0424. The van der Waals surface area contributed by atoms with Crippen LogP contribution in [0.25, 0.3) is 0 Å². The Bertz CT molecular complexity index is 977. The van der Waals surface area contributed by atoms with E-state index in [1.807, 2.05) is 24.8 Å². The van der Waals surface area contributed by atoms with Crippen LogP contribution in [-0.4, -0.2) is 59.5 Å². The molecule has 8 heteroatoms. The van der Waals surface area contributed by atoms with Crippen molar-refractivity contribution in [3.63, 3.8) is 0 Å². The van der Waals surface area contributed by atoms with Gasteiger partial charge in [-0.3, -0.25) is 4.79 Å². The summed E-state index contributed by atoms with van der Waals surface area (Å²) in [6, 6.07) is 5.22. The summed E-state index contributed by atoms with van der Waals surface area (Å²) in [4.78, 5) is 26.8. The quantitative estimate of drug-likeness (QED) is 0.648. The van der Waals surface area contributed by atoms with Crippen molar-refractivity contribution in [1.82, 2.24) is 20.2 Å². The van der Waals surface area contributed by atoms with Crippen LogP contribution in [0.15, 0.2) is 29.0 Å². The van der Waals surface area contributed by atoms with E-state index in [0.29, 0.717) is 35.6 Å². The summed E-state index contributed by atoms with van der Waals surface area (Å²) in [5.41, 5.74) is 3.14. The molecule has 0 bridgehead atoms. The number of anilines is 1. The van der Waals surface area contributed by atoms with Crippen molar-refractivity contribution in [2.45, 2.75) is 51.5 Å². The number of rotatable bonds is 6. The number of aromatic nitrogens is 2. The number of piperazine rings is 1. The Hall–Kier alpha value is -2.06. The minimum atomic E-state index is -0.421. The average molecular weight is 504 g/mol. The molecule has 1 aromatic heterocycles. The number of nitrogens with zero attached hydrogens (tertiary/aromatic N) is 4. The SMILES string of the molecule is CC(C)NCC(C(=O)N1CCN(c2ncnc3c2[C@H](C)CC3)CC1)c1ccc(Br)c(F)c1. The molecular formula is C24H31BrFN5O. The number of halogens is 2. The van der Waals surface area contributed by atoms with Gasteiger partial charge in [-0.2, -0.15) is 0 Å². The summed E-state index contributed by atoms with van der Waals surface area (Å²) in [7, 11) is 0. The number of benzene rings is 1. The summed E-state index contributed by atoms with van der Waals surface area (Å²) in [5, 5.41) is 3.36. The number of hydrogen-bond acceptors (Lipinski definition) is 5. The Morgan fingerprint density at radius 2 is 2.00 bits per heavy atom. The summed E-state index contributed by atoms with van der Waals surface area (Å²) < 4.78 is 14.6. The summed E-state index contributed by atoms with van der Waals surface area (Å²) in [6.45, 7) is 9.54. The Kier molecular flexibility index (Phi) is 7.10. The standard InChI is InChI=1S/C24H31BrFN5O/c1-15(2)27-13-18(17-5-6-19(25)20(26)12-17)24(32)31-10-8-30(9-11-31)23-22-16(3)4-7-21(22)28-14-29-23/h5-6,12,14-16,18,27H,4,7-11,13H2,1-3H3/t16-,18?/m1/s1. The molecule has 0 spiro atoms. The van der Waals surface area contributed by atoms with E-state index in [1.165, 1.54) is 11.6 Å². The third kappa shape index (κ3) is 4.81. The molecule has 2 aromatic rings. The lowest BCUT2D eigenvalue weighted by atomic mass is 9.96. The van der Waals surface area contributed by atoms with Gasteiger partial charge in [-0.15, -0.1) is 0 Å². The van der Waals surface area contributed by atoms with Gasteiger partial charge in [-0.1, -0.05) is 26.8 Å². The van der Waals surface area contributed by atoms with Crippen LogP contribution in [0.2, 0.25) is 0 Å². The van der Waals surface area contributed by atoms with E-state index in [1.54, 1.807) is 12.4 Å². The highest BCUT2D eigenvalue weighted by Gasteiger charge is 2.32. The first-order valence-electron chi connectivity index (χ1n) is 11.4. The normalized spacial score (nSPS) is 19.4. The van der Waals surface area contributed by atoms with Gasteiger partial charge in [0, 0.05) is 50.0 Å². The summed E-state index contributed by atoms with van der Waals surface area (Å²) in [6.07, 6.45) is 3.80. The lowest BCUT2D eigenvalue weighted by Crippen LogP contribution is -2.51. The molecule has 1 aliphatic carbocycles. The Labute approximate surface area is 197 Å². The Morgan fingerprint density at radius 3 is 2.69 bits per heavy atom. The van der Waals surface area contributed by atoms with E-state index < -0.39 is 5.92 Å². The van der Waals surface area contributed by atoms with Gasteiger partial charge in [-0.05, 0) is 52.4 Å².